The lowest BCUT2D eigenvalue weighted by Gasteiger charge is -2.27. The van der Waals surface area contributed by atoms with Gasteiger partial charge in [0.15, 0.2) is 0 Å². The molecule has 2 atom stereocenters. The van der Waals surface area contributed by atoms with Crippen molar-refractivity contribution in [1.29, 1.82) is 0 Å². The van der Waals surface area contributed by atoms with Gasteiger partial charge in [-0.25, -0.2) is 4.98 Å². The van der Waals surface area contributed by atoms with Gasteiger partial charge in [-0.05, 0) is 46.9 Å². The van der Waals surface area contributed by atoms with Crippen molar-refractivity contribution < 1.29 is 8.78 Å². The summed E-state index contributed by atoms with van der Waals surface area (Å²) >= 11 is 9.93. The first-order chi connectivity index (χ1) is 13.5. The molecule has 3 aromatic heterocycles. The summed E-state index contributed by atoms with van der Waals surface area (Å²) in [6.45, 7) is -2.18. The molecule has 9 heteroatoms. The van der Waals surface area contributed by atoms with Crippen LogP contribution in [0.25, 0.3) is 11.0 Å². The molecular weight excluding hydrogens is 517 g/mol. The van der Waals surface area contributed by atoms with E-state index in [-0.39, 0.29) is 17.1 Å². The first kappa shape index (κ1) is 20.1. The summed E-state index contributed by atoms with van der Waals surface area (Å²) in [6, 6.07) is 5.35. The number of aromatic nitrogens is 2. The summed E-state index contributed by atoms with van der Waals surface area (Å²) in [6.07, 6.45) is 5.32. The van der Waals surface area contributed by atoms with E-state index in [0.717, 1.165) is 9.44 Å². The van der Waals surface area contributed by atoms with Gasteiger partial charge in [0.25, 0.3) is 0 Å². The van der Waals surface area contributed by atoms with E-state index in [1.807, 2.05) is 29.7 Å². The third-order valence-corrected chi connectivity index (χ3v) is 7.09. The third-order valence-electron chi connectivity index (χ3n) is 4.96. The predicted octanol–water partition coefficient (Wildman–Crippen LogP) is 6.12. The summed E-state index contributed by atoms with van der Waals surface area (Å²) in [5.41, 5.74) is 8.23. The Labute approximate surface area is 183 Å². The minimum absolute atomic E-state index is 0.191. The van der Waals surface area contributed by atoms with Crippen LogP contribution in [0.15, 0.2) is 35.7 Å². The largest absolute Gasteiger partial charge is 0.378 e. The number of nitrogens with zero attached hydrogens (tertiary/aromatic N) is 2. The van der Waals surface area contributed by atoms with E-state index in [1.54, 1.807) is 17.4 Å². The number of nitrogens with two attached hydrogens (primary N) is 1. The number of rotatable bonds is 5. The molecular formula is C19H18ClF2IN4S. The van der Waals surface area contributed by atoms with Crippen molar-refractivity contribution in [3.8, 4) is 0 Å². The second-order valence-corrected chi connectivity index (χ2v) is 9.18. The topological polar surface area (TPSA) is 55.9 Å². The molecule has 0 bridgehead atoms. The van der Waals surface area contributed by atoms with Gasteiger partial charge < -0.3 is 11.1 Å². The molecule has 0 aromatic carbocycles. The monoisotopic (exact) mass is 534 g/mol. The molecule has 4 rings (SSSR count). The van der Waals surface area contributed by atoms with E-state index in [4.69, 9.17) is 17.3 Å². The Morgan fingerprint density at radius 2 is 2.18 bits per heavy atom. The highest BCUT2D eigenvalue weighted by atomic mass is 127. The predicted molar refractivity (Wildman–Crippen MR) is 119 cm³/mol. The molecule has 0 saturated heterocycles. The molecule has 3 heterocycles. The van der Waals surface area contributed by atoms with Crippen LogP contribution in [-0.2, 0) is 6.54 Å². The van der Waals surface area contributed by atoms with Crippen LogP contribution in [0.5, 0.6) is 0 Å². The number of nitrogens with one attached hydrogen (secondary N) is 1. The van der Waals surface area contributed by atoms with Crippen molar-refractivity contribution in [3.05, 3.63) is 55.0 Å². The maximum Gasteiger partial charge on any atom is 0.319 e. The van der Waals surface area contributed by atoms with Crippen LogP contribution in [0.3, 0.4) is 0 Å². The lowest BCUT2D eigenvalue weighted by molar-refractivity contribution is 0.0705. The van der Waals surface area contributed by atoms with Gasteiger partial charge in [-0.1, -0.05) is 29.8 Å². The number of alkyl halides is 2. The van der Waals surface area contributed by atoms with Crippen LogP contribution in [-0.4, -0.2) is 15.6 Å². The lowest BCUT2D eigenvalue weighted by Crippen LogP contribution is -2.31. The van der Waals surface area contributed by atoms with Gasteiger partial charge in [-0.3, -0.25) is 4.57 Å². The second-order valence-electron chi connectivity index (χ2n) is 6.68. The van der Waals surface area contributed by atoms with Gasteiger partial charge in [0.2, 0.25) is 0 Å². The Morgan fingerprint density at radius 1 is 1.39 bits per heavy atom. The number of allylic oxidation sites excluding steroid dienone is 1. The Morgan fingerprint density at radius 3 is 2.86 bits per heavy atom. The van der Waals surface area contributed by atoms with Crippen LogP contribution in [0, 0.1) is 3.57 Å². The van der Waals surface area contributed by atoms with Crippen LogP contribution >= 0.6 is 45.5 Å². The van der Waals surface area contributed by atoms with Crippen LogP contribution < -0.4 is 11.1 Å². The van der Waals surface area contributed by atoms with Crippen LogP contribution in [0.4, 0.5) is 14.5 Å². The van der Waals surface area contributed by atoms with Gasteiger partial charge in [-0.2, -0.15) is 8.78 Å². The van der Waals surface area contributed by atoms with E-state index in [9.17, 15) is 8.78 Å². The molecule has 1 aliphatic rings. The van der Waals surface area contributed by atoms with Crippen molar-refractivity contribution in [2.75, 3.05) is 5.32 Å². The van der Waals surface area contributed by atoms with Crippen molar-refractivity contribution in [3.63, 3.8) is 0 Å². The molecule has 0 unspecified atom stereocenters. The van der Waals surface area contributed by atoms with E-state index >= 15 is 0 Å². The van der Waals surface area contributed by atoms with Crippen molar-refractivity contribution in [2.24, 2.45) is 5.73 Å². The molecule has 0 fully saturated rings. The van der Waals surface area contributed by atoms with Crippen molar-refractivity contribution >= 4 is 62.2 Å². The standard InChI is InChI=1S/C19H18ClF2IN4S/c20-14-8-13(25-9-10-4-3-7-28-10)18-16(26-14)15(23)17(27(18)19(21)22)11-5-1-2-6-12(11)24/h1-4,7-8,11-12,19H,5-6,9,24H2,(H,25,26)/t11-,12-/m0/s1. The Bertz CT molecular complexity index is 1020. The second kappa shape index (κ2) is 8.25. The molecule has 0 amide bonds. The van der Waals surface area contributed by atoms with E-state index < -0.39 is 6.55 Å². The number of fused-ring (bicyclic) bond motifs is 1. The van der Waals surface area contributed by atoms with Crippen LogP contribution in [0.2, 0.25) is 5.15 Å². The molecule has 3 N–H and O–H groups in total. The van der Waals surface area contributed by atoms with Gasteiger partial charge >= 0.3 is 6.55 Å². The molecule has 148 valence electrons. The zero-order chi connectivity index (χ0) is 19.8. The third kappa shape index (κ3) is 3.67. The average Bonchev–Trinajstić information content (AvgIpc) is 3.27. The van der Waals surface area contributed by atoms with Gasteiger partial charge in [0.05, 0.1) is 14.8 Å². The fraction of sp³-hybridized carbons (Fsp3) is 0.316. The summed E-state index contributed by atoms with van der Waals surface area (Å²) in [4.78, 5) is 5.47. The maximum atomic E-state index is 14.3. The molecule has 28 heavy (non-hydrogen) atoms. The van der Waals surface area contributed by atoms with Gasteiger partial charge in [0, 0.05) is 35.1 Å². The summed E-state index contributed by atoms with van der Waals surface area (Å²) in [7, 11) is 0. The highest BCUT2D eigenvalue weighted by molar-refractivity contribution is 14.1. The van der Waals surface area contributed by atoms with Gasteiger partial charge in [-0.15, -0.1) is 11.3 Å². The first-order valence-electron chi connectivity index (χ1n) is 8.82. The summed E-state index contributed by atoms with van der Waals surface area (Å²) < 4.78 is 30.3. The number of hydrogen-bond acceptors (Lipinski definition) is 4. The SMILES string of the molecule is N[C@H]1CC=CC[C@@H]1c1c(I)c2nc(Cl)cc(NCc3cccs3)c2n1C(F)F. The molecule has 0 spiro atoms. The lowest BCUT2D eigenvalue weighted by atomic mass is 9.87. The minimum atomic E-state index is -2.70. The molecule has 0 saturated carbocycles. The molecule has 3 aromatic rings. The van der Waals surface area contributed by atoms with E-state index in [1.165, 1.54) is 0 Å². The average molecular weight is 535 g/mol. The minimum Gasteiger partial charge on any atom is -0.378 e. The summed E-state index contributed by atoms with van der Waals surface area (Å²) in [5.74, 6) is -0.191. The van der Waals surface area contributed by atoms with Crippen molar-refractivity contribution in [1.82, 2.24) is 9.55 Å². The first-order valence-corrected chi connectivity index (χ1v) is 11.2. The number of pyridine rings is 1. The number of thiophene rings is 1. The Hall–Kier alpha value is -1.23. The number of hydrogen-bond donors (Lipinski definition) is 2. The number of anilines is 1. The molecule has 0 aliphatic heterocycles. The fourth-order valence-corrected chi connectivity index (χ4v) is 5.55. The maximum absolute atomic E-state index is 14.3. The molecule has 1 aliphatic carbocycles. The Balaban J connectivity index is 1.88. The number of halogens is 4. The summed E-state index contributed by atoms with van der Waals surface area (Å²) in [5, 5.41) is 5.51. The van der Waals surface area contributed by atoms with E-state index in [0.29, 0.717) is 45.4 Å². The zero-order valence-electron chi connectivity index (χ0n) is 14.7. The Kier molecular flexibility index (Phi) is 5.91. The highest BCUT2D eigenvalue weighted by Gasteiger charge is 2.32. The fourth-order valence-electron chi connectivity index (χ4n) is 3.68. The molecule has 0 radical (unpaired) electrons. The highest BCUT2D eigenvalue weighted by Crippen LogP contribution is 2.42. The molecule has 4 nitrogen and oxygen atoms in total. The van der Waals surface area contributed by atoms with Crippen molar-refractivity contribution in [2.45, 2.75) is 37.9 Å². The zero-order valence-corrected chi connectivity index (χ0v) is 18.4. The van der Waals surface area contributed by atoms with Gasteiger partial charge in [0.1, 0.15) is 10.7 Å². The quantitative estimate of drug-likeness (QED) is 0.235. The normalized spacial score (nSPS) is 19.6. The van der Waals surface area contributed by atoms with E-state index in [2.05, 4.69) is 32.9 Å². The van der Waals surface area contributed by atoms with Crippen LogP contribution in [0.1, 0.15) is 35.9 Å². The smallest absolute Gasteiger partial charge is 0.319 e.